The van der Waals surface area contributed by atoms with Crippen LogP contribution in [-0.2, 0) is 22.6 Å². The smallest absolute Gasteiger partial charge is 0.243 e. The van der Waals surface area contributed by atoms with Crippen LogP contribution in [0.25, 0.3) is 0 Å². The van der Waals surface area contributed by atoms with Crippen LogP contribution in [0.4, 0.5) is 11.4 Å². The molecule has 1 aliphatic rings. The highest BCUT2D eigenvalue weighted by Crippen LogP contribution is 2.30. The Labute approximate surface area is 148 Å². The van der Waals surface area contributed by atoms with Gasteiger partial charge in [-0.3, -0.25) is 9.59 Å². The van der Waals surface area contributed by atoms with Crippen LogP contribution in [0, 0.1) is 0 Å². The molecule has 2 aromatic carbocycles. The molecule has 2 aromatic rings. The summed E-state index contributed by atoms with van der Waals surface area (Å²) in [6.07, 6.45) is 0.737. The molecule has 0 saturated heterocycles. The summed E-state index contributed by atoms with van der Waals surface area (Å²) in [5, 5.41) is 3.02. The Morgan fingerprint density at radius 1 is 1.16 bits per heavy atom. The first-order valence-corrected chi connectivity index (χ1v) is 8.39. The number of hydrogen-bond acceptors (Lipinski definition) is 3. The van der Waals surface area contributed by atoms with Crippen molar-refractivity contribution in [3.05, 3.63) is 59.7 Å². The normalized spacial score (nSPS) is 15.6. The van der Waals surface area contributed by atoms with Crippen LogP contribution in [0.3, 0.4) is 0 Å². The van der Waals surface area contributed by atoms with Crippen molar-refractivity contribution in [3.63, 3.8) is 0 Å². The SMILES string of the molecule is CC(=O)N(C)c1ccc(CNC(=O)C2Cc3ccccc3N2C)cc1. The number of para-hydroxylation sites is 1. The lowest BCUT2D eigenvalue weighted by Gasteiger charge is -2.22. The highest BCUT2D eigenvalue weighted by atomic mass is 16.2. The zero-order valence-electron chi connectivity index (χ0n) is 14.8. The number of nitrogens with zero attached hydrogens (tertiary/aromatic N) is 2. The Morgan fingerprint density at radius 2 is 1.84 bits per heavy atom. The van der Waals surface area contributed by atoms with Gasteiger partial charge in [0.2, 0.25) is 11.8 Å². The highest BCUT2D eigenvalue weighted by Gasteiger charge is 2.31. The van der Waals surface area contributed by atoms with Crippen LogP contribution in [0.1, 0.15) is 18.1 Å². The van der Waals surface area contributed by atoms with Crippen molar-refractivity contribution in [2.75, 3.05) is 23.9 Å². The third-order valence-corrected chi connectivity index (χ3v) is 4.82. The molecule has 0 fully saturated rings. The van der Waals surface area contributed by atoms with Gasteiger partial charge in [-0.25, -0.2) is 0 Å². The third kappa shape index (κ3) is 3.50. The maximum absolute atomic E-state index is 12.6. The molecule has 1 N–H and O–H groups in total. The summed E-state index contributed by atoms with van der Waals surface area (Å²) in [6, 6.07) is 15.6. The van der Waals surface area contributed by atoms with E-state index in [0.29, 0.717) is 6.54 Å². The molecule has 0 aliphatic carbocycles. The van der Waals surface area contributed by atoms with E-state index in [9.17, 15) is 9.59 Å². The van der Waals surface area contributed by atoms with Crippen LogP contribution in [0.2, 0.25) is 0 Å². The van der Waals surface area contributed by atoms with Crippen molar-refractivity contribution in [1.29, 1.82) is 0 Å². The largest absolute Gasteiger partial charge is 0.362 e. The number of amides is 2. The first kappa shape index (κ1) is 17.0. The minimum Gasteiger partial charge on any atom is -0.362 e. The molecule has 1 aliphatic heterocycles. The fraction of sp³-hybridized carbons (Fsp3) is 0.300. The predicted molar refractivity (Wildman–Crippen MR) is 99.7 cm³/mol. The molecule has 0 aromatic heterocycles. The van der Waals surface area contributed by atoms with E-state index in [-0.39, 0.29) is 17.9 Å². The summed E-state index contributed by atoms with van der Waals surface area (Å²) in [5.41, 5.74) is 4.18. The molecular weight excluding hydrogens is 314 g/mol. The van der Waals surface area contributed by atoms with E-state index < -0.39 is 0 Å². The molecule has 0 saturated carbocycles. The topological polar surface area (TPSA) is 52.7 Å². The van der Waals surface area contributed by atoms with Crippen LogP contribution in [0.5, 0.6) is 0 Å². The number of rotatable bonds is 4. The number of carbonyl (C=O) groups is 2. The van der Waals surface area contributed by atoms with Crippen LogP contribution in [0.15, 0.2) is 48.5 Å². The average Bonchev–Trinajstić information content (AvgIpc) is 2.96. The van der Waals surface area contributed by atoms with Crippen molar-refractivity contribution in [3.8, 4) is 0 Å². The van der Waals surface area contributed by atoms with Crippen LogP contribution < -0.4 is 15.1 Å². The zero-order chi connectivity index (χ0) is 18.0. The molecule has 3 rings (SSSR count). The van der Waals surface area contributed by atoms with E-state index in [2.05, 4.69) is 11.4 Å². The number of carbonyl (C=O) groups excluding carboxylic acids is 2. The first-order valence-electron chi connectivity index (χ1n) is 8.39. The lowest BCUT2D eigenvalue weighted by atomic mass is 10.1. The summed E-state index contributed by atoms with van der Waals surface area (Å²) in [5.74, 6) is 0.0218. The lowest BCUT2D eigenvalue weighted by molar-refractivity contribution is -0.122. The summed E-state index contributed by atoms with van der Waals surface area (Å²) in [7, 11) is 3.70. The fourth-order valence-corrected chi connectivity index (χ4v) is 3.14. The monoisotopic (exact) mass is 337 g/mol. The van der Waals surface area contributed by atoms with Gasteiger partial charge in [-0.15, -0.1) is 0 Å². The number of likely N-dealkylation sites (N-methyl/N-ethyl adjacent to an activating group) is 1. The molecule has 0 spiro atoms. The van der Waals surface area contributed by atoms with Gasteiger partial charge < -0.3 is 15.1 Å². The molecular formula is C20H23N3O2. The zero-order valence-corrected chi connectivity index (χ0v) is 14.8. The van der Waals surface area contributed by atoms with E-state index in [4.69, 9.17) is 0 Å². The van der Waals surface area contributed by atoms with Crippen LogP contribution >= 0.6 is 0 Å². The van der Waals surface area contributed by atoms with Crippen LogP contribution in [-0.4, -0.2) is 32.0 Å². The molecule has 130 valence electrons. The minimum atomic E-state index is -0.166. The first-order chi connectivity index (χ1) is 12.0. The minimum absolute atomic E-state index is 0.00936. The van der Waals surface area contributed by atoms with E-state index in [0.717, 1.165) is 23.4 Å². The fourth-order valence-electron chi connectivity index (χ4n) is 3.14. The number of nitrogens with one attached hydrogen (secondary N) is 1. The predicted octanol–water partition coefficient (Wildman–Crippen LogP) is 2.35. The molecule has 2 amide bonds. The summed E-state index contributed by atoms with van der Waals surface area (Å²) in [4.78, 5) is 27.6. The maximum atomic E-state index is 12.6. The molecule has 5 nitrogen and oxygen atoms in total. The molecule has 1 heterocycles. The molecule has 0 radical (unpaired) electrons. The van der Waals surface area contributed by atoms with Gasteiger partial charge in [0.25, 0.3) is 0 Å². The Bertz CT molecular complexity index is 786. The van der Waals surface area contributed by atoms with E-state index >= 15 is 0 Å². The van der Waals surface area contributed by atoms with Gasteiger partial charge in [0.1, 0.15) is 6.04 Å². The maximum Gasteiger partial charge on any atom is 0.243 e. The van der Waals surface area contributed by atoms with Gasteiger partial charge in [-0.2, -0.15) is 0 Å². The molecule has 25 heavy (non-hydrogen) atoms. The second kappa shape index (κ2) is 6.97. The Balaban J connectivity index is 1.59. The average molecular weight is 337 g/mol. The number of benzene rings is 2. The molecule has 5 heteroatoms. The number of fused-ring (bicyclic) bond motifs is 1. The second-order valence-corrected chi connectivity index (χ2v) is 6.42. The summed E-state index contributed by atoms with van der Waals surface area (Å²) < 4.78 is 0. The van der Waals surface area contributed by atoms with E-state index in [1.165, 1.54) is 12.5 Å². The van der Waals surface area contributed by atoms with E-state index in [1.54, 1.807) is 11.9 Å². The number of hydrogen-bond donors (Lipinski definition) is 1. The quantitative estimate of drug-likeness (QED) is 0.932. The Kier molecular flexibility index (Phi) is 4.74. The lowest BCUT2D eigenvalue weighted by Crippen LogP contribution is -2.43. The summed E-state index contributed by atoms with van der Waals surface area (Å²) in [6.45, 7) is 2.01. The Morgan fingerprint density at radius 3 is 2.48 bits per heavy atom. The highest BCUT2D eigenvalue weighted by molar-refractivity contribution is 5.91. The molecule has 0 bridgehead atoms. The van der Waals surface area contributed by atoms with Gasteiger partial charge in [0, 0.05) is 45.4 Å². The van der Waals surface area contributed by atoms with Crippen molar-refractivity contribution < 1.29 is 9.59 Å². The summed E-state index contributed by atoms with van der Waals surface area (Å²) >= 11 is 0. The van der Waals surface area contributed by atoms with Crippen molar-refractivity contribution in [2.24, 2.45) is 0 Å². The van der Waals surface area contributed by atoms with Gasteiger partial charge in [0.05, 0.1) is 0 Å². The second-order valence-electron chi connectivity index (χ2n) is 6.42. The van der Waals surface area contributed by atoms with Gasteiger partial charge in [-0.1, -0.05) is 30.3 Å². The number of anilines is 2. The van der Waals surface area contributed by atoms with Gasteiger partial charge >= 0.3 is 0 Å². The van der Waals surface area contributed by atoms with Crippen molar-refractivity contribution in [2.45, 2.75) is 25.9 Å². The van der Waals surface area contributed by atoms with Gasteiger partial charge in [-0.05, 0) is 29.3 Å². The molecule has 1 unspecified atom stereocenters. The van der Waals surface area contributed by atoms with Crippen molar-refractivity contribution >= 4 is 23.2 Å². The van der Waals surface area contributed by atoms with E-state index in [1.807, 2.05) is 54.4 Å². The molecule has 1 atom stereocenters. The van der Waals surface area contributed by atoms with Crippen molar-refractivity contribution in [1.82, 2.24) is 5.32 Å². The third-order valence-electron chi connectivity index (χ3n) is 4.82. The Hall–Kier alpha value is -2.82. The van der Waals surface area contributed by atoms with Gasteiger partial charge in [0.15, 0.2) is 0 Å². The standard InChI is InChI=1S/C20H23N3O2/c1-14(24)22(2)17-10-8-15(9-11-17)13-21-20(25)19-12-16-6-4-5-7-18(16)23(19)3/h4-11,19H,12-13H2,1-3H3,(H,21,25).